The van der Waals surface area contributed by atoms with E-state index in [1.165, 1.54) is 0 Å². The highest BCUT2D eigenvalue weighted by atomic mass is 79.9. The van der Waals surface area contributed by atoms with E-state index in [4.69, 9.17) is 0 Å². The van der Waals surface area contributed by atoms with Crippen LogP contribution >= 0.6 is 15.9 Å². The molecule has 0 saturated carbocycles. The van der Waals surface area contributed by atoms with Crippen molar-refractivity contribution in [2.24, 2.45) is 0 Å². The first-order chi connectivity index (χ1) is 8.30. The number of aromatic nitrogens is 1. The van der Waals surface area contributed by atoms with Crippen molar-refractivity contribution >= 4 is 32.8 Å². The van der Waals surface area contributed by atoms with Crippen LogP contribution in [-0.4, -0.2) is 16.1 Å². The van der Waals surface area contributed by atoms with Gasteiger partial charge in [-0.15, -0.1) is 0 Å². The van der Waals surface area contributed by atoms with Gasteiger partial charge < -0.3 is 5.11 Å². The number of rotatable bonds is 1. The molecule has 0 radical (unpaired) electrons. The summed E-state index contributed by atoms with van der Waals surface area (Å²) in [5.74, 6) is -0.908. The van der Waals surface area contributed by atoms with E-state index in [0.29, 0.717) is 16.5 Å². The Balaban J connectivity index is 2.87. The third-order valence-electron chi connectivity index (χ3n) is 2.85. The maximum absolute atomic E-state index is 11.5. The first kappa shape index (κ1) is 13.0. The van der Waals surface area contributed by atoms with Crippen molar-refractivity contribution in [2.45, 2.75) is 26.2 Å². The number of carboxylic acid groups (broad SMARTS) is 1. The molecule has 3 nitrogen and oxygen atoms in total. The molecule has 0 aliphatic carbocycles. The van der Waals surface area contributed by atoms with E-state index in [1.54, 1.807) is 12.3 Å². The number of nitrogens with zero attached hydrogens (tertiary/aromatic N) is 1. The van der Waals surface area contributed by atoms with Gasteiger partial charge in [-0.2, -0.15) is 0 Å². The fourth-order valence-corrected chi connectivity index (χ4v) is 2.31. The molecule has 1 aromatic carbocycles. The SMILES string of the molecule is CC(C)(C)c1cnc2cc(Br)ccc2c1C(=O)O. The van der Waals surface area contributed by atoms with Crippen LogP contribution in [0, 0.1) is 0 Å². The predicted molar refractivity (Wildman–Crippen MR) is 75.1 cm³/mol. The Morgan fingerprint density at radius 2 is 2.00 bits per heavy atom. The van der Waals surface area contributed by atoms with E-state index in [9.17, 15) is 9.90 Å². The van der Waals surface area contributed by atoms with Crippen LogP contribution in [0.15, 0.2) is 28.9 Å². The summed E-state index contributed by atoms with van der Waals surface area (Å²) in [5.41, 5.74) is 1.54. The van der Waals surface area contributed by atoms with E-state index in [1.807, 2.05) is 32.9 Å². The largest absolute Gasteiger partial charge is 0.478 e. The molecule has 2 rings (SSSR count). The lowest BCUT2D eigenvalue weighted by atomic mass is 9.83. The average molecular weight is 308 g/mol. The number of pyridine rings is 1. The third kappa shape index (κ3) is 2.25. The predicted octanol–water partition coefficient (Wildman–Crippen LogP) is 3.99. The number of carboxylic acids is 1. The quantitative estimate of drug-likeness (QED) is 0.866. The number of hydrogen-bond donors (Lipinski definition) is 1. The van der Waals surface area contributed by atoms with Crippen LogP contribution in [0.2, 0.25) is 0 Å². The molecule has 0 fully saturated rings. The van der Waals surface area contributed by atoms with Crippen LogP contribution in [0.1, 0.15) is 36.7 Å². The van der Waals surface area contributed by atoms with E-state index < -0.39 is 5.97 Å². The van der Waals surface area contributed by atoms with Crippen molar-refractivity contribution in [3.63, 3.8) is 0 Å². The highest BCUT2D eigenvalue weighted by Crippen LogP contribution is 2.31. The summed E-state index contributed by atoms with van der Waals surface area (Å²) in [6.45, 7) is 5.96. The van der Waals surface area contributed by atoms with Gasteiger partial charge >= 0.3 is 5.97 Å². The molecular weight excluding hydrogens is 294 g/mol. The number of benzene rings is 1. The second-order valence-electron chi connectivity index (χ2n) is 5.26. The molecule has 0 spiro atoms. The average Bonchev–Trinajstić information content (AvgIpc) is 2.25. The molecule has 0 unspecified atom stereocenters. The zero-order valence-corrected chi connectivity index (χ0v) is 12.1. The summed E-state index contributed by atoms with van der Waals surface area (Å²) >= 11 is 3.36. The Kier molecular flexibility index (Phi) is 3.15. The van der Waals surface area contributed by atoms with Gasteiger partial charge in [-0.3, -0.25) is 4.98 Å². The summed E-state index contributed by atoms with van der Waals surface area (Å²) < 4.78 is 0.891. The molecule has 1 heterocycles. The van der Waals surface area contributed by atoms with Crippen molar-refractivity contribution in [3.05, 3.63) is 40.0 Å². The van der Waals surface area contributed by atoms with Crippen LogP contribution in [0.5, 0.6) is 0 Å². The van der Waals surface area contributed by atoms with E-state index in [2.05, 4.69) is 20.9 Å². The minimum atomic E-state index is -0.908. The zero-order chi connectivity index (χ0) is 13.5. The van der Waals surface area contributed by atoms with Gasteiger partial charge in [-0.1, -0.05) is 42.8 Å². The van der Waals surface area contributed by atoms with Crippen molar-refractivity contribution in [2.75, 3.05) is 0 Å². The van der Waals surface area contributed by atoms with Gasteiger partial charge in [0.25, 0.3) is 0 Å². The maximum Gasteiger partial charge on any atom is 0.336 e. The first-order valence-electron chi connectivity index (χ1n) is 5.63. The van der Waals surface area contributed by atoms with Gasteiger partial charge in [0.1, 0.15) is 0 Å². The molecule has 18 heavy (non-hydrogen) atoms. The van der Waals surface area contributed by atoms with Gasteiger partial charge in [0.2, 0.25) is 0 Å². The summed E-state index contributed by atoms with van der Waals surface area (Å²) in [6.07, 6.45) is 1.66. The van der Waals surface area contributed by atoms with Crippen molar-refractivity contribution in [3.8, 4) is 0 Å². The summed E-state index contributed by atoms with van der Waals surface area (Å²) in [5, 5.41) is 10.1. The lowest BCUT2D eigenvalue weighted by Crippen LogP contribution is -2.17. The van der Waals surface area contributed by atoms with Gasteiger partial charge in [0.15, 0.2) is 0 Å². The number of aromatic carboxylic acids is 1. The number of hydrogen-bond acceptors (Lipinski definition) is 2. The van der Waals surface area contributed by atoms with Crippen LogP contribution in [0.4, 0.5) is 0 Å². The van der Waals surface area contributed by atoms with E-state index in [0.717, 1.165) is 10.0 Å². The minimum Gasteiger partial charge on any atom is -0.478 e. The highest BCUT2D eigenvalue weighted by Gasteiger charge is 2.24. The minimum absolute atomic E-state index is 0.248. The Labute approximate surface area is 114 Å². The highest BCUT2D eigenvalue weighted by molar-refractivity contribution is 9.10. The van der Waals surface area contributed by atoms with Gasteiger partial charge in [0.05, 0.1) is 11.1 Å². The first-order valence-corrected chi connectivity index (χ1v) is 6.42. The molecule has 0 aliphatic heterocycles. The van der Waals surface area contributed by atoms with E-state index >= 15 is 0 Å². The Morgan fingerprint density at radius 1 is 1.33 bits per heavy atom. The molecule has 94 valence electrons. The second-order valence-corrected chi connectivity index (χ2v) is 6.18. The number of halogens is 1. The second kappa shape index (κ2) is 4.35. The monoisotopic (exact) mass is 307 g/mol. The number of carbonyl (C=O) groups is 1. The lowest BCUT2D eigenvalue weighted by Gasteiger charge is -2.21. The zero-order valence-electron chi connectivity index (χ0n) is 10.5. The standard InChI is InChI=1S/C14H14BrNO2/c1-14(2,3)10-7-16-11-6-8(15)4-5-9(11)12(10)13(17)18/h4-7H,1-3H3,(H,17,18). The van der Waals surface area contributed by atoms with Crippen LogP contribution < -0.4 is 0 Å². The third-order valence-corrected chi connectivity index (χ3v) is 3.35. The van der Waals surface area contributed by atoms with E-state index in [-0.39, 0.29) is 5.41 Å². The molecule has 0 amide bonds. The van der Waals surface area contributed by atoms with Crippen molar-refractivity contribution in [1.82, 2.24) is 4.98 Å². The summed E-state index contributed by atoms with van der Waals surface area (Å²) in [6, 6.07) is 5.46. The molecule has 4 heteroatoms. The Hall–Kier alpha value is -1.42. The Bertz CT molecular complexity index is 629. The topological polar surface area (TPSA) is 50.2 Å². The molecule has 1 N–H and O–H groups in total. The van der Waals surface area contributed by atoms with Crippen molar-refractivity contribution < 1.29 is 9.90 Å². The van der Waals surface area contributed by atoms with Crippen LogP contribution in [0.3, 0.4) is 0 Å². The van der Waals surface area contributed by atoms with Crippen LogP contribution in [0.25, 0.3) is 10.9 Å². The molecular formula is C14H14BrNO2. The number of fused-ring (bicyclic) bond motifs is 1. The molecule has 0 atom stereocenters. The maximum atomic E-state index is 11.5. The Morgan fingerprint density at radius 3 is 2.56 bits per heavy atom. The molecule has 0 aliphatic rings. The lowest BCUT2D eigenvalue weighted by molar-refractivity contribution is 0.0696. The molecule has 0 bridgehead atoms. The fourth-order valence-electron chi connectivity index (χ4n) is 1.97. The van der Waals surface area contributed by atoms with Crippen LogP contribution in [-0.2, 0) is 5.41 Å². The van der Waals surface area contributed by atoms with Gasteiger partial charge in [0, 0.05) is 16.1 Å². The molecule has 1 aromatic heterocycles. The van der Waals surface area contributed by atoms with Crippen molar-refractivity contribution in [1.29, 1.82) is 0 Å². The normalized spacial score (nSPS) is 11.8. The fraction of sp³-hybridized carbons (Fsp3) is 0.286. The smallest absolute Gasteiger partial charge is 0.336 e. The van der Waals surface area contributed by atoms with Gasteiger partial charge in [-0.05, 0) is 23.1 Å². The van der Waals surface area contributed by atoms with Gasteiger partial charge in [-0.25, -0.2) is 4.79 Å². The summed E-state index contributed by atoms with van der Waals surface area (Å²) in [4.78, 5) is 15.9. The molecule has 0 saturated heterocycles. The summed E-state index contributed by atoms with van der Waals surface area (Å²) in [7, 11) is 0. The molecule has 2 aromatic rings.